The fraction of sp³-hybridized carbons (Fsp3) is 0.200. The molecule has 0 fully saturated rings. The second-order valence-electron chi connectivity index (χ2n) is 7.97. The molecule has 0 saturated heterocycles. The molecule has 0 unspecified atom stereocenters. The van der Waals surface area contributed by atoms with Gasteiger partial charge in [-0.2, -0.15) is 0 Å². The summed E-state index contributed by atoms with van der Waals surface area (Å²) in [5.41, 5.74) is 3.41. The van der Waals surface area contributed by atoms with Gasteiger partial charge in [0.05, 0.1) is 24.7 Å². The third kappa shape index (κ3) is 5.04. The van der Waals surface area contributed by atoms with Crippen molar-refractivity contribution in [2.45, 2.75) is 12.8 Å². The molecule has 0 aromatic heterocycles. The Hall–Kier alpha value is -3.85. The van der Waals surface area contributed by atoms with Gasteiger partial charge in [-0.05, 0) is 73.0 Å². The van der Waals surface area contributed by atoms with Gasteiger partial charge in [-0.1, -0.05) is 12.1 Å². The fourth-order valence-electron chi connectivity index (χ4n) is 3.90. The van der Waals surface area contributed by atoms with Gasteiger partial charge in [0.25, 0.3) is 11.8 Å². The van der Waals surface area contributed by atoms with Crippen molar-refractivity contribution in [1.82, 2.24) is 0 Å². The number of sulfonamides is 1. The molecule has 0 saturated carbocycles. The first-order valence-corrected chi connectivity index (χ1v) is 12.6. The average molecular weight is 480 g/mol. The predicted molar refractivity (Wildman–Crippen MR) is 132 cm³/mol. The van der Waals surface area contributed by atoms with E-state index in [-0.39, 0.29) is 11.8 Å². The number of rotatable bonds is 6. The number of methoxy groups -OCH3 is 1. The summed E-state index contributed by atoms with van der Waals surface area (Å²) in [5.74, 6) is -0.0533. The van der Waals surface area contributed by atoms with Crippen LogP contribution >= 0.6 is 0 Å². The highest BCUT2D eigenvalue weighted by atomic mass is 32.2. The van der Waals surface area contributed by atoms with Gasteiger partial charge in [0, 0.05) is 23.4 Å². The largest absolute Gasteiger partial charge is 0.495 e. The minimum atomic E-state index is -3.36. The van der Waals surface area contributed by atoms with E-state index in [1.54, 1.807) is 60.7 Å². The molecule has 0 aliphatic carbocycles. The lowest BCUT2D eigenvalue weighted by Gasteiger charge is -2.29. The van der Waals surface area contributed by atoms with Crippen LogP contribution in [0.25, 0.3) is 0 Å². The third-order valence-corrected chi connectivity index (χ3v) is 6.76. The summed E-state index contributed by atoms with van der Waals surface area (Å²) in [7, 11) is -1.83. The number of aryl methyl sites for hydroxylation is 1. The molecule has 4 rings (SSSR count). The number of para-hydroxylation sites is 2. The summed E-state index contributed by atoms with van der Waals surface area (Å²) in [5, 5.41) is 5.63. The molecule has 9 heteroatoms. The van der Waals surface area contributed by atoms with E-state index in [2.05, 4.69) is 10.6 Å². The molecule has 1 aliphatic rings. The van der Waals surface area contributed by atoms with Crippen LogP contribution in [0.2, 0.25) is 0 Å². The number of anilines is 3. The zero-order valence-electron chi connectivity index (χ0n) is 18.9. The number of carbonyl (C=O) groups excluding carboxylic acids is 2. The van der Waals surface area contributed by atoms with Crippen LogP contribution in [-0.4, -0.2) is 40.1 Å². The van der Waals surface area contributed by atoms with Gasteiger partial charge in [-0.3, -0.25) is 13.9 Å². The predicted octanol–water partition coefficient (Wildman–Crippen LogP) is 3.91. The average Bonchev–Trinajstić information content (AvgIpc) is 2.83. The van der Waals surface area contributed by atoms with Gasteiger partial charge in [0.1, 0.15) is 5.75 Å². The van der Waals surface area contributed by atoms with Crippen molar-refractivity contribution in [2.75, 3.05) is 34.8 Å². The van der Waals surface area contributed by atoms with Gasteiger partial charge in [0.2, 0.25) is 10.0 Å². The Balaban J connectivity index is 1.44. The second kappa shape index (κ2) is 9.56. The number of carbonyl (C=O) groups is 2. The van der Waals surface area contributed by atoms with Crippen LogP contribution in [0.3, 0.4) is 0 Å². The summed E-state index contributed by atoms with van der Waals surface area (Å²) >= 11 is 0. The van der Waals surface area contributed by atoms with Crippen molar-refractivity contribution in [3.63, 3.8) is 0 Å². The van der Waals surface area contributed by atoms with E-state index in [4.69, 9.17) is 4.74 Å². The molecule has 0 atom stereocenters. The van der Waals surface area contributed by atoms with Crippen LogP contribution < -0.4 is 19.7 Å². The van der Waals surface area contributed by atoms with E-state index in [0.29, 0.717) is 53.3 Å². The zero-order valence-corrected chi connectivity index (χ0v) is 19.7. The van der Waals surface area contributed by atoms with Crippen molar-refractivity contribution in [3.8, 4) is 5.75 Å². The maximum absolute atomic E-state index is 12.8. The summed E-state index contributed by atoms with van der Waals surface area (Å²) < 4.78 is 30.7. The normalized spacial score (nSPS) is 13.1. The standard InChI is InChI=1S/C25H25N3O5S/c1-33-23-8-4-3-7-21(23)27-24(29)17-9-12-20(13-10-17)26-25(30)19-11-14-22-18(16-19)6-5-15-28(22)34(2,31)32/h3-4,7-14,16H,5-6,15H2,1-2H3,(H,26,30)(H,27,29). The quantitative estimate of drug-likeness (QED) is 0.558. The monoisotopic (exact) mass is 479 g/mol. The van der Waals surface area contributed by atoms with Gasteiger partial charge in [-0.15, -0.1) is 0 Å². The minimum Gasteiger partial charge on any atom is -0.495 e. The van der Waals surface area contributed by atoms with Crippen LogP contribution in [-0.2, 0) is 16.4 Å². The third-order valence-electron chi connectivity index (χ3n) is 5.58. The van der Waals surface area contributed by atoms with E-state index >= 15 is 0 Å². The topological polar surface area (TPSA) is 105 Å². The molecular weight excluding hydrogens is 454 g/mol. The summed E-state index contributed by atoms with van der Waals surface area (Å²) in [4.78, 5) is 25.3. The molecule has 3 aromatic rings. The molecule has 0 radical (unpaired) electrons. The summed E-state index contributed by atoms with van der Waals surface area (Å²) in [6.45, 7) is 0.439. The number of nitrogens with one attached hydrogen (secondary N) is 2. The Morgan fingerprint density at radius 3 is 2.29 bits per heavy atom. The van der Waals surface area contributed by atoms with Crippen molar-refractivity contribution in [2.24, 2.45) is 0 Å². The number of nitrogens with zero attached hydrogens (tertiary/aromatic N) is 1. The highest BCUT2D eigenvalue weighted by Crippen LogP contribution is 2.30. The Labute approximate surface area is 198 Å². The van der Waals surface area contributed by atoms with E-state index in [1.807, 2.05) is 6.07 Å². The smallest absolute Gasteiger partial charge is 0.255 e. The van der Waals surface area contributed by atoms with Crippen molar-refractivity contribution in [1.29, 1.82) is 0 Å². The van der Waals surface area contributed by atoms with E-state index in [1.165, 1.54) is 17.7 Å². The van der Waals surface area contributed by atoms with Crippen molar-refractivity contribution >= 4 is 38.9 Å². The number of hydrogen-bond acceptors (Lipinski definition) is 5. The van der Waals surface area contributed by atoms with Crippen LogP contribution in [0, 0.1) is 0 Å². The maximum Gasteiger partial charge on any atom is 0.255 e. The Morgan fingerprint density at radius 1 is 0.912 bits per heavy atom. The highest BCUT2D eigenvalue weighted by Gasteiger charge is 2.24. The maximum atomic E-state index is 12.8. The number of ether oxygens (including phenoxy) is 1. The Morgan fingerprint density at radius 2 is 1.59 bits per heavy atom. The molecule has 1 aliphatic heterocycles. The summed E-state index contributed by atoms with van der Waals surface area (Å²) in [6, 6.07) is 18.7. The lowest BCUT2D eigenvalue weighted by molar-refractivity contribution is 0.101. The minimum absolute atomic E-state index is 0.299. The number of amides is 2. The van der Waals surface area contributed by atoms with Crippen LogP contribution in [0.4, 0.5) is 17.1 Å². The lowest BCUT2D eigenvalue weighted by atomic mass is 10.0. The second-order valence-corrected chi connectivity index (χ2v) is 9.87. The van der Waals surface area contributed by atoms with Gasteiger partial charge < -0.3 is 15.4 Å². The van der Waals surface area contributed by atoms with Crippen LogP contribution in [0.5, 0.6) is 5.75 Å². The van der Waals surface area contributed by atoms with Gasteiger partial charge in [-0.25, -0.2) is 8.42 Å². The summed E-state index contributed by atoms with van der Waals surface area (Å²) in [6.07, 6.45) is 2.59. The molecule has 34 heavy (non-hydrogen) atoms. The Kier molecular flexibility index (Phi) is 6.56. The number of fused-ring (bicyclic) bond motifs is 1. The first kappa shape index (κ1) is 23.3. The van der Waals surface area contributed by atoms with Crippen LogP contribution in [0.15, 0.2) is 66.7 Å². The SMILES string of the molecule is COc1ccccc1NC(=O)c1ccc(NC(=O)c2ccc3c(c2)CCCN3S(C)(=O)=O)cc1. The molecule has 0 bridgehead atoms. The van der Waals surface area contributed by atoms with Gasteiger partial charge in [0.15, 0.2) is 0 Å². The molecular formula is C25H25N3O5S. The number of benzene rings is 3. The Bertz CT molecular complexity index is 1340. The first-order valence-electron chi connectivity index (χ1n) is 10.7. The van der Waals surface area contributed by atoms with Crippen molar-refractivity contribution < 1.29 is 22.7 Å². The zero-order chi connectivity index (χ0) is 24.3. The van der Waals surface area contributed by atoms with Gasteiger partial charge >= 0.3 is 0 Å². The molecule has 2 amide bonds. The molecule has 1 heterocycles. The highest BCUT2D eigenvalue weighted by molar-refractivity contribution is 7.92. The van der Waals surface area contributed by atoms with E-state index in [9.17, 15) is 18.0 Å². The van der Waals surface area contributed by atoms with Crippen molar-refractivity contribution in [3.05, 3.63) is 83.4 Å². The van der Waals surface area contributed by atoms with E-state index in [0.717, 1.165) is 5.56 Å². The molecule has 0 spiro atoms. The fourth-order valence-corrected chi connectivity index (χ4v) is 4.90. The molecule has 3 aromatic carbocycles. The molecule has 8 nitrogen and oxygen atoms in total. The number of hydrogen-bond donors (Lipinski definition) is 2. The van der Waals surface area contributed by atoms with Crippen LogP contribution in [0.1, 0.15) is 32.7 Å². The van der Waals surface area contributed by atoms with E-state index < -0.39 is 10.0 Å². The first-order chi connectivity index (χ1) is 16.3. The molecule has 176 valence electrons. The lowest BCUT2D eigenvalue weighted by Crippen LogP contribution is -2.34. The molecule has 2 N–H and O–H groups in total.